The van der Waals surface area contributed by atoms with Crippen molar-refractivity contribution in [2.24, 2.45) is 0 Å². The largest absolute Gasteiger partial charge is 0.383 e. The third kappa shape index (κ3) is 6.81. The van der Waals surface area contributed by atoms with Gasteiger partial charge in [-0.25, -0.2) is 0 Å². The highest BCUT2D eigenvalue weighted by Crippen LogP contribution is 2.02. The van der Waals surface area contributed by atoms with Crippen molar-refractivity contribution in [3.8, 4) is 0 Å². The van der Waals surface area contributed by atoms with E-state index in [9.17, 15) is 0 Å². The summed E-state index contributed by atoms with van der Waals surface area (Å²) in [5, 5.41) is 6.53. The van der Waals surface area contributed by atoms with Gasteiger partial charge in [0.25, 0.3) is 0 Å². The van der Waals surface area contributed by atoms with E-state index in [0.717, 1.165) is 52.4 Å². The lowest BCUT2D eigenvalue weighted by Crippen LogP contribution is -2.38. The summed E-state index contributed by atoms with van der Waals surface area (Å²) in [5.74, 6) is 0. The first-order chi connectivity index (χ1) is 7.43. The molecular weight excluding hydrogens is 196 g/mol. The molecule has 0 aliphatic carbocycles. The van der Waals surface area contributed by atoms with Crippen molar-refractivity contribution in [2.75, 3.05) is 53.1 Å². The van der Waals surface area contributed by atoms with E-state index in [0.29, 0.717) is 0 Å². The first kappa shape index (κ1) is 12.9. The van der Waals surface area contributed by atoms with Crippen LogP contribution in [0.2, 0.25) is 0 Å². The molecule has 2 N–H and O–H groups in total. The van der Waals surface area contributed by atoms with Crippen LogP contribution in [0.3, 0.4) is 0 Å². The maximum atomic E-state index is 5.40. The summed E-state index contributed by atoms with van der Waals surface area (Å²) >= 11 is 0. The summed E-state index contributed by atoms with van der Waals surface area (Å²) in [4.78, 5) is 0. The SMILES string of the molecule is COCCNCCNCC1OCCCO1. The van der Waals surface area contributed by atoms with Gasteiger partial charge in [-0.1, -0.05) is 0 Å². The van der Waals surface area contributed by atoms with Gasteiger partial charge in [-0.15, -0.1) is 0 Å². The van der Waals surface area contributed by atoms with Crippen molar-refractivity contribution in [1.82, 2.24) is 10.6 Å². The maximum Gasteiger partial charge on any atom is 0.169 e. The number of nitrogens with one attached hydrogen (secondary N) is 2. The Morgan fingerprint density at radius 3 is 2.60 bits per heavy atom. The van der Waals surface area contributed by atoms with Gasteiger partial charge in [0.05, 0.1) is 19.8 Å². The standard InChI is InChI=1S/C10H22N2O3/c1-13-8-5-11-3-4-12-9-10-14-6-2-7-15-10/h10-12H,2-9H2,1H3. The van der Waals surface area contributed by atoms with Gasteiger partial charge >= 0.3 is 0 Å². The Hall–Kier alpha value is -0.200. The summed E-state index contributed by atoms with van der Waals surface area (Å²) in [5.41, 5.74) is 0. The second-order valence-electron chi connectivity index (χ2n) is 3.47. The highest BCUT2D eigenvalue weighted by molar-refractivity contribution is 4.57. The molecule has 1 rings (SSSR count). The van der Waals surface area contributed by atoms with E-state index in [4.69, 9.17) is 14.2 Å². The summed E-state index contributed by atoms with van der Waals surface area (Å²) in [7, 11) is 1.71. The molecule has 0 aromatic heterocycles. The van der Waals surface area contributed by atoms with Crippen molar-refractivity contribution < 1.29 is 14.2 Å². The third-order valence-corrected chi connectivity index (χ3v) is 2.17. The quantitative estimate of drug-likeness (QED) is 0.542. The summed E-state index contributed by atoms with van der Waals surface area (Å²) in [6.45, 7) is 5.93. The molecule has 0 atom stereocenters. The Morgan fingerprint density at radius 2 is 1.87 bits per heavy atom. The van der Waals surface area contributed by atoms with E-state index in [1.165, 1.54) is 0 Å². The molecule has 5 nitrogen and oxygen atoms in total. The van der Waals surface area contributed by atoms with Crippen LogP contribution in [-0.2, 0) is 14.2 Å². The zero-order valence-corrected chi connectivity index (χ0v) is 9.46. The fourth-order valence-electron chi connectivity index (χ4n) is 1.35. The molecule has 90 valence electrons. The van der Waals surface area contributed by atoms with Crippen molar-refractivity contribution in [3.05, 3.63) is 0 Å². The van der Waals surface area contributed by atoms with Crippen LogP contribution >= 0.6 is 0 Å². The van der Waals surface area contributed by atoms with Gasteiger partial charge < -0.3 is 24.8 Å². The topological polar surface area (TPSA) is 51.8 Å². The van der Waals surface area contributed by atoms with Gasteiger partial charge in [0, 0.05) is 33.3 Å². The Kier molecular flexibility index (Phi) is 7.77. The highest BCUT2D eigenvalue weighted by Gasteiger charge is 2.12. The minimum atomic E-state index is -0.0577. The Morgan fingerprint density at radius 1 is 1.13 bits per heavy atom. The monoisotopic (exact) mass is 218 g/mol. The molecule has 0 aromatic rings. The first-order valence-corrected chi connectivity index (χ1v) is 5.57. The van der Waals surface area contributed by atoms with Gasteiger partial charge in [0.15, 0.2) is 6.29 Å². The zero-order chi connectivity index (χ0) is 10.8. The van der Waals surface area contributed by atoms with Gasteiger partial charge in [-0.3, -0.25) is 0 Å². The summed E-state index contributed by atoms with van der Waals surface area (Å²) in [6, 6.07) is 0. The van der Waals surface area contributed by atoms with E-state index >= 15 is 0 Å². The van der Waals surface area contributed by atoms with E-state index in [1.807, 2.05) is 0 Å². The van der Waals surface area contributed by atoms with Crippen LogP contribution in [0.1, 0.15) is 6.42 Å². The van der Waals surface area contributed by atoms with E-state index in [1.54, 1.807) is 7.11 Å². The van der Waals surface area contributed by atoms with Crippen LogP contribution in [0, 0.1) is 0 Å². The molecule has 0 bridgehead atoms. The fraction of sp³-hybridized carbons (Fsp3) is 1.00. The van der Waals surface area contributed by atoms with E-state index in [-0.39, 0.29) is 6.29 Å². The van der Waals surface area contributed by atoms with Crippen molar-refractivity contribution in [3.63, 3.8) is 0 Å². The molecule has 1 fully saturated rings. The second kappa shape index (κ2) is 9.06. The average molecular weight is 218 g/mol. The fourth-order valence-corrected chi connectivity index (χ4v) is 1.35. The predicted octanol–water partition coefficient (Wildman–Crippen LogP) is -0.425. The van der Waals surface area contributed by atoms with Crippen LogP contribution in [0.5, 0.6) is 0 Å². The molecule has 0 aromatic carbocycles. The summed E-state index contributed by atoms with van der Waals surface area (Å²) in [6.07, 6.45) is 0.951. The van der Waals surface area contributed by atoms with E-state index in [2.05, 4.69) is 10.6 Å². The Bertz CT molecular complexity index is 141. The van der Waals surface area contributed by atoms with Crippen molar-refractivity contribution in [1.29, 1.82) is 0 Å². The molecule has 0 amide bonds. The molecule has 0 spiro atoms. The molecule has 1 heterocycles. The van der Waals surface area contributed by atoms with Gasteiger partial charge in [-0.05, 0) is 6.42 Å². The minimum absolute atomic E-state index is 0.0577. The lowest BCUT2D eigenvalue weighted by Gasteiger charge is -2.23. The van der Waals surface area contributed by atoms with Crippen LogP contribution in [0.15, 0.2) is 0 Å². The smallest absolute Gasteiger partial charge is 0.169 e. The highest BCUT2D eigenvalue weighted by atomic mass is 16.7. The van der Waals surface area contributed by atoms with Crippen molar-refractivity contribution >= 4 is 0 Å². The molecular formula is C10H22N2O3. The number of hydrogen-bond donors (Lipinski definition) is 2. The summed E-state index contributed by atoms with van der Waals surface area (Å²) < 4.78 is 15.7. The first-order valence-electron chi connectivity index (χ1n) is 5.57. The molecule has 0 unspecified atom stereocenters. The second-order valence-corrected chi connectivity index (χ2v) is 3.47. The molecule has 5 heteroatoms. The molecule has 1 saturated heterocycles. The van der Waals surface area contributed by atoms with Crippen molar-refractivity contribution in [2.45, 2.75) is 12.7 Å². The average Bonchev–Trinajstić information content (AvgIpc) is 2.29. The maximum absolute atomic E-state index is 5.40. The molecule has 1 aliphatic rings. The zero-order valence-electron chi connectivity index (χ0n) is 9.46. The van der Waals surface area contributed by atoms with Crippen LogP contribution < -0.4 is 10.6 Å². The molecule has 0 radical (unpaired) electrons. The molecule has 15 heavy (non-hydrogen) atoms. The number of methoxy groups -OCH3 is 1. The van der Waals surface area contributed by atoms with E-state index < -0.39 is 0 Å². The lowest BCUT2D eigenvalue weighted by molar-refractivity contribution is -0.175. The normalized spacial score (nSPS) is 18.2. The van der Waals surface area contributed by atoms with Crippen LogP contribution in [0.25, 0.3) is 0 Å². The Balaban J connectivity index is 1.79. The number of hydrogen-bond acceptors (Lipinski definition) is 5. The number of ether oxygens (including phenoxy) is 3. The minimum Gasteiger partial charge on any atom is -0.383 e. The van der Waals surface area contributed by atoms with Crippen LogP contribution in [-0.4, -0.2) is 59.4 Å². The third-order valence-electron chi connectivity index (χ3n) is 2.17. The van der Waals surface area contributed by atoms with Gasteiger partial charge in [0.2, 0.25) is 0 Å². The van der Waals surface area contributed by atoms with Crippen LogP contribution in [0.4, 0.5) is 0 Å². The van der Waals surface area contributed by atoms with Gasteiger partial charge in [-0.2, -0.15) is 0 Å². The number of rotatable bonds is 8. The lowest BCUT2D eigenvalue weighted by atomic mass is 10.4. The molecule has 0 saturated carbocycles. The van der Waals surface area contributed by atoms with Gasteiger partial charge in [0.1, 0.15) is 0 Å². The molecule has 1 aliphatic heterocycles. The Labute approximate surface area is 91.5 Å². The predicted molar refractivity (Wildman–Crippen MR) is 57.9 cm³/mol.